The summed E-state index contributed by atoms with van der Waals surface area (Å²) in [6.45, 7) is 2.33. The van der Waals surface area contributed by atoms with Crippen molar-refractivity contribution >= 4 is 30.9 Å². The average Bonchev–Trinajstić information content (AvgIpc) is 3.38. The van der Waals surface area contributed by atoms with Crippen LogP contribution in [0.5, 0.6) is 0 Å². The van der Waals surface area contributed by atoms with Gasteiger partial charge >= 0.3 is 0 Å². The molecule has 0 aliphatic heterocycles. The first-order valence-electron chi connectivity index (χ1n) is 10.7. The van der Waals surface area contributed by atoms with Gasteiger partial charge in [0.15, 0.2) is 0 Å². The van der Waals surface area contributed by atoms with Gasteiger partial charge in [0, 0.05) is 31.8 Å². The maximum absolute atomic E-state index is 3.57. The van der Waals surface area contributed by atoms with E-state index in [9.17, 15) is 0 Å². The summed E-state index contributed by atoms with van der Waals surface area (Å²) in [4.78, 5) is 0. The van der Waals surface area contributed by atoms with E-state index in [0.29, 0.717) is 11.8 Å². The molecule has 0 amide bonds. The van der Waals surface area contributed by atoms with E-state index < -0.39 is 0 Å². The van der Waals surface area contributed by atoms with E-state index in [0.717, 1.165) is 0 Å². The van der Waals surface area contributed by atoms with Crippen molar-refractivity contribution in [1.29, 1.82) is 0 Å². The Bertz CT molecular complexity index is 1090. The summed E-state index contributed by atoms with van der Waals surface area (Å²) in [6.07, 6.45) is 8.73. The Hall–Kier alpha value is -1.15. The van der Waals surface area contributed by atoms with E-state index >= 15 is 0 Å². The second kappa shape index (κ2) is 9.77. The second-order valence-electron chi connectivity index (χ2n) is 8.76. The van der Waals surface area contributed by atoms with Crippen LogP contribution in [-0.4, -0.2) is 0 Å². The topological polar surface area (TPSA) is 0 Å². The molecule has 0 saturated heterocycles. The zero-order chi connectivity index (χ0) is 18.7. The molecule has 3 aliphatic rings. The maximum atomic E-state index is 3.57. The number of rotatable bonds is 3. The van der Waals surface area contributed by atoms with Crippen LogP contribution in [0.4, 0.5) is 0 Å². The van der Waals surface area contributed by atoms with Crippen LogP contribution in [0.1, 0.15) is 71.4 Å². The van der Waals surface area contributed by atoms with Gasteiger partial charge in [-0.3, -0.25) is 0 Å². The van der Waals surface area contributed by atoms with Crippen LogP contribution in [-0.2, 0) is 38.7 Å². The van der Waals surface area contributed by atoms with Gasteiger partial charge < -0.3 is 0 Å². The zero-order valence-electron chi connectivity index (χ0n) is 17.8. The molecule has 0 bridgehead atoms. The van der Waals surface area contributed by atoms with Gasteiger partial charge in [-0.05, 0) is 72.8 Å². The zero-order valence-corrected chi connectivity index (χ0v) is 23.0. The van der Waals surface area contributed by atoms with Gasteiger partial charge in [0.05, 0.1) is 0 Å². The van der Waals surface area contributed by atoms with Crippen molar-refractivity contribution in [3.63, 3.8) is 0 Å². The Kier molecular flexibility index (Phi) is 7.72. The minimum absolute atomic E-state index is 0. The van der Waals surface area contributed by atoms with Gasteiger partial charge in [0.1, 0.15) is 0 Å². The molecule has 31 heavy (non-hydrogen) atoms. The maximum Gasteiger partial charge on any atom is 0.00550 e. The molecule has 2 unspecified atom stereocenters. The molecule has 0 nitrogen and oxygen atoms in total. The number of fused-ring (bicyclic) bond motifs is 5. The van der Waals surface area contributed by atoms with Gasteiger partial charge in [-0.2, -0.15) is 24.3 Å². The summed E-state index contributed by atoms with van der Waals surface area (Å²) < 4.78 is 0. The molecular formula is C28H27Cl2Hf-. The van der Waals surface area contributed by atoms with Crippen molar-refractivity contribution in [2.24, 2.45) is 0 Å². The van der Waals surface area contributed by atoms with Crippen LogP contribution in [0, 0.1) is 6.07 Å². The number of hydrogen-bond donors (Lipinski definition) is 0. The third-order valence-corrected chi connectivity index (χ3v) is 7.21. The molecule has 6 rings (SSSR count). The van der Waals surface area contributed by atoms with E-state index in [-0.39, 0.29) is 50.7 Å². The minimum atomic E-state index is 0. The van der Waals surface area contributed by atoms with E-state index in [4.69, 9.17) is 0 Å². The van der Waals surface area contributed by atoms with Crippen molar-refractivity contribution in [3.05, 3.63) is 99.6 Å². The molecule has 158 valence electrons. The van der Waals surface area contributed by atoms with Crippen LogP contribution in [0.3, 0.4) is 0 Å². The molecule has 0 spiro atoms. The van der Waals surface area contributed by atoms with E-state index in [2.05, 4.69) is 73.7 Å². The van der Waals surface area contributed by atoms with E-state index in [1.165, 1.54) is 59.9 Å². The molecule has 0 radical (unpaired) electrons. The van der Waals surface area contributed by atoms with Crippen LogP contribution in [0.2, 0.25) is 0 Å². The van der Waals surface area contributed by atoms with Crippen LogP contribution in [0.15, 0.2) is 60.2 Å². The third-order valence-electron chi connectivity index (χ3n) is 7.21. The first-order chi connectivity index (χ1) is 13.8. The Balaban J connectivity index is 0.000000907. The van der Waals surface area contributed by atoms with Gasteiger partial charge in [0.2, 0.25) is 0 Å². The fourth-order valence-corrected chi connectivity index (χ4v) is 5.87. The predicted molar refractivity (Wildman–Crippen MR) is 131 cm³/mol. The normalized spacial score (nSPS) is 19.1. The third kappa shape index (κ3) is 4.03. The van der Waals surface area contributed by atoms with Crippen molar-refractivity contribution in [2.45, 2.75) is 50.9 Å². The second-order valence-corrected chi connectivity index (χ2v) is 8.76. The Morgan fingerprint density at radius 2 is 1.55 bits per heavy atom. The fraction of sp³-hybridized carbons (Fsp3) is 0.286. The Labute approximate surface area is 217 Å². The average molecular weight is 613 g/mol. The predicted octanol–water partition coefficient (Wildman–Crippen LogP) is 7.91. The molecule has 0 N–H and O–H groups in total. The van der Waals surface area contributed by atoms with Gasteiger partial charge in [-0.1, -0.05) is 53.6 Å². The summed E-state index contributed by atoms with van der Waals surface area (Å²) in [7, 11) is 0. The monoisotopic (exact) mass is 613 g/mol. The van der Waals surface area contributed by atoms with Crippen molar-refractivity contribution in [1.82, 2.24) is 0 Å². The SMILES string of the molecule is CC1=Cc2cc3c(cc2C1CCC1c2[c-]cccc2-c2ccccc21)CCC3.Cl.Cl.[Hf]. The molecule has 3 aromatic carbocycles. The molecule has 3 aromatic rings. The van der Waals surface area contributed by atoms with Crippen molar-refractivity contribution in [2.75, 3.05) is 0 Å². The summed E-state index contributed by atoms with van der Waals surface area (Å²) in [5, 5.41) is 0. The molecule has 3 heteroatoms. The van der Waals surface area contributed by atoms with Crippen molar-refractivity contribution < 1.29 is 25.8 Å². The van der Waals surface area contributed by atoms with Crippen LogP contribution in [0.25, 0.3) is 17.2 Å². The standard InChI is InChI=1S/C28H25.2ClH.Hf/c1-18-15-21-16-19-7-6-8-20(19)17-28(21)22(18)13-14-27-25-11-4-2-9-23(25)24-10-3-5-12-26(24)27;;;/h2-5,9-11,15-17,22,27H,6-8,13-14H2,1H3;2*1H;/q-1;;;. The fourth-order valence-electron chi connectivity index (χ4n) is 5.87. The molecular weight excluding hydrogens is 586 g/mol. The van der Waals surface area contributed by atoms with Crippen LogP contribution < -0.4 is 0 Å². The quantitative estimate of drug-likeness (QED) is 0.208. The molecule has 0 aromatic heterocycles. The first kappa shape index (κ1) is 24.5. The van der Waals surface area contributed by atoms with Crippen LogP contribution >= 0.6 is 24.8 Å². The van der Waals surface area contributed by atoms with E-state index in [1.807, 2.05) is 0 Å². The smallest absolute Gasteiger partial charge is 0.00550 e. The summed E-state index contributed by atoms with van der Waals surface area (Å²) in [5.41, 5.74) is 13.5. The molecule has 3 aliphatic carbocycles. The summed E-state index contributed by atoms with van der Waals surface area (Å²) >= 11 is 0. The molecule has 0 heterocycles. The largest absolute Gasteiger partial charge is 0.179 e. The van der Waals surface area contributed by atoms with Crippen molar-refractivity contribution in [3.8, 4) is 11.1 Å². The molecule has 0 saturated carbocycles. The number of benzene rings is 3. The first-order valence-corrected chi connectivity index (χ1v) is 10.7. The summed E-state index contributed by atoms with van der Waals surface area (Å²) in [5.74, 6) is 1.07. The number of halogens is 2. The van der Waals surface area contributed by atoms with Gasteiger partial charge in [-0.15, -0.1) is 35.9 Å². The number of hydrogen-bond acceptors (Lipinski definition) is 0. The molecule has 0 fully saturated rings. The summed E-state index contributed by atoms with van der Waals surface area (Å²) in [6, 6.07) is 24.0. The number of allylic oxidation sites excluding steroid dienone is 1. The van der Waals surface area contributed by atoms with E-state index in [1.54, 1.807) is 22.3 Å². The molecule has 2 atom stereocenters. The van der Waals surface area contributed by atoms with Gasteiger partial charge in [0.25, 0.3) is 0 Å². The minimum Gasteiger partial charge on any atom is -0.179 e. The van der Waals surface area contributed by atoms with Gasteiger partial charge in [-0.25, -0.2) is 0 Å². The number of aryl methyl sites for hydroxylation is 2. The Morgan fingerprint density at radius 3 is 2.39 bits per heavy atom. The Morgan fingerprint density at radius 1 is 0.839 bits per heavy atom.